The lowest BCUT2D eigenvalue weighted by Gasteiger charge is -2.32. The van der Waals surface area contributed by atoms with Gasteiger partial charge in [0.15, 0.2) is 0 Å². The van der Waals surface area contributed by atoms with Crippen LogP contribution >= 0.6 is 0 Å². The summed E-state index contributed by atoms with van der Waals surface area (Å²) in [6.45, 7) is 4.74. The smallest absolute Gasteiger partial charge is 0.245 e. The molecule has 6 N–H and O–H groups in total. The van der Waals surface area contributed by atoms with Crippen molar-refractivity contribution in [3.63, 3.8) is 0 Å². The molecule has 6 amide bonds. The van der Waals surface area contributed by atoms with Gasteiger partial charge in [-0.2, -0.15) is 0 Å². The van der Waals surface area contributed by atoms with Crippen LogP contribution in [0.15, 0.2) is 48.5 Å². The van der Waals surface area contributed by atoms with Crippen molar-refractivity contribution in [2.24, 2.45) is 0 Å². The standard InChI is InChI=1S/C50H74N8O6/c1-5-37(51-3)45(59)55-41(49(63)57-31-17-29-43(57)47(61)53-39-27-15-21-33-19-11-13-23-35(33)39)25-9-7-8-10-26-42(56-46(60)38(6-2)52-4)50(64)58-32-18-30-44(58)48(62)54-40-28-16-22-34-20-12-14-24-36(34)40/h11-14,19-20,23-24,37-44,51-52H,5-10,15-18,21-22,25-32H2,1-4H3,(H,53,61)(H,54,62)(H,55,59)(H,56,60). The fraction of sp³-hybridized carbons (Fsp3) is 0.640. The van der Waals surface area contributed by atoms with E-state index in [1.807, 2.05) is 38.1 Å². The van der Waals surface area contributed by atoms with Gasteiger partial charge in [-0.25, -0.2) is 0 Å². The predicted molar refractivity (Wildman–Crippen MR) is 248 cm³/mol. The van der Waals surface area contributed by atoms with Crippen LogP contribution in [-0.2, 0) is 41.6 Å². The van der Waals surface area contributed by atoms with Gasteiger partial charge in [0.2, 0.25) is 35.4 Å². The van der Waals surface area contributed by atoms with Crippen LogP contribution in [0.25, 0.3) is 0 Å². The van der Waals surface area contributed by atoms with Crippen LogP contribution in [0.3, 0.4) is 0 Å². The fourth-order valence-corrected chi connectivity index (χ4v) is 10.5. The minimum absolute atomic E-state index is 0.0904. The number of likely N-dealkylation sites (tertiary alicyclic amines) is 2. The Bertz CT molecular complexity index is 1780. The van der Waals surface area contributed by atoms with Crippen LogP contribution in [0, 0.1) is 0 Å². The van der Waals surface area contributed by atoms with Crippen molar-refractivity contribution < 1.29 is 28.8 Å². The zero-order chi connectivity index (χ0) is 45.6. The second kappa shape index (κ2) is 23.9. The maximum atomic E-state index is 14.3. The monoisotopic (exact) mass is 883 g/mol. The topological polar surface area (TPSA) is 181 Å². The number of carbonyl (C=O) groups is 6. The molecule has 0 spiro atoms. The first kappa shape index (κ1) is 48.6. The van der Waals surface area contributed by atoms with Gasteiger partial charge in [-0.15, -0.1) is 0 Å². The number of likely N-dealkylation sites (N-methyl/N-ethyl adjacent to an activating group) is 2. The number of fused-ring (bicyclic) bond motifs is 2. The molecule has 2 saturated heterocycles. The molecule has 8 unspecified atom stereocenters. The van der Waals surface area contributed by atoms with E-state index in [4.69, 9.17) is 0 Å². The largest absolute Gasteiger partial charge is 0.347 e. The highest BCUT2D eigenvalue weighted by molar-refractivity contribution is 5.94. The van der Waals surface area contributed by atoms with E-state index in [1.165, 1.54) is 11.1 Å². The van der Waals surface area contributed by atoms with Gasteiger partial charge >= 0.3 is 0 Å². The van der Waals surface area contributed by atoms with E-state index in [-0.39, 0.29) is 47.5 Å². The number of nitrogens with zero attached hydrogens (tertiary/aromatic N) is 2. The minimum atomic E-state index is -0.792. The zero-order valence-electron chi connectivity index (χ0n) is 38.7. The first-order chi connectivity index (χ1) is 31.1. The number of carbonyl (C=O) groups excluding carboxylic acids is 6. The zero-order valence-corrected chi connectivity index (χ0v) is 38.7. The molecule has 2 aliphatic heterocycles. The van der Waals surface area contributed by atoms with Gasteiger partial charge in [0, 0.05) is 13.1 Å². The molecular weight excluding hydrogens is 809 g/mol. The van der Waals surface area contributed by atoms with Gasteiger partial charge in [-0.3, -0.25) is 28.8 Å². The number of amides is 6. The van der Waals surface area contributed by atoms with Crippen molar-refractivity contribution >= 4 is 35.4 Å². The number of hydrogen-bond acceptors (Lipinski definition) is 8. The Hall–Kier alpha value is -4.82. The Morgan fingerprint density at radius 2 is 0.953 bits per heavy atom. The maximum absolute atomic E-state index is 14.3. The van der Waals surface area contributed by atoms with Gasteiger partial charge in [-0.1, -0.05) is 88.1 Å². The predicted octanol–water partition coefficient (Wildman–Crippen LogP) is 4.66. The second-order valence-corrected chi connectivity index (χ2v) is 18.3. The highest BCUT2D eigenvalue weighted by Gasteiger charge is 2.41. The number of benzene rings is 2. The summed E-state index contributed by atoms with van der Waals surface area (Å²) in [6, 6.07) is 12.6. The Labute approximate surface area is 380 Å². The number of rotatable bonds is 21. The van der Waals surface area contributed by atoms with E-state index in [2.05, 4.69) is 56.2 Å². The highest BCUT2D eigenvalue weighted by atomic mass is 16.2. The van der Waals surface area contributed by atoms with Gasteiger partial charge in [0.1, 0.15) is 24.2 Å². The maximum Gasteiger partial charge on any atom is 0.245 e. The van der Waals surface area contributed by atoms with E-state index in [0.717, 1.165) is 62.5 Å². The van der Waals surface area contributed by atoms with E-state index < -0.39 is 36.3 Å². The molecule has 14 nitrogen and oxygen atoms in total. The summed E-state index contributed by atoms with van der Waals surface area (Å²) >= 11 is 0. The Morgan fingerprint density at radius 1 is 0.547 bits per heavy atom. The molecule has 8 atom stereocenters. The van der Waals surface area contributed by atoms with Crippen molar-refractivity contribution in [1.29, 1.82) is 0 Å². The van der Waals surface area contributed by atoms with Crippen LogP contribution in [0.4, 0.5) is 0 Å². The molecule has 0 saturated carbocycles. The number of hydrogen-bond donors (Lipinski definition) is 6. The average Bonchev–Trinajstić information content (AvgIpc) is 4.02. The summed E-state index contributed by atoms with van der Waals surface area (Å²) in [7, 11) is 3.46. The third-order valence-electron chi connectivity index (χ3n) is 14.2. The summed E-state index contributed by atoms with van der Waals surface area (Å²) in [5.41, 5.74) is 4.80. The molecule has 2 aromatic carbocycles. The molecule has 0 bridgehead atoms. The molecule has 2 heterocycles. The van der Waals surface area contributed by atoms with E-state index >= 15 is 0 Å². The Kier molecular flexibility index (Phi) is 18.2. The fourth-order valence-electron chi connectivity index (χ4n) is 10.5. The molecule has 6 rings (SSSR count). The third-order valence-corrected chi connectivity index (χ3v) is 14.2. The molecule has 4 aliphatic rings. The van der Waals surface area contributed by atoms with Crippen LogP contribution < -0.4 is 31.9 Å². The molecule has 2 aliphatic carbocycles. The Morgan fingerprint density at radius 3 is 1.34 bits per heavy atom. The molecule has 14 heteroatoms. The summed E-state index contributed by atoms with van der Waals surface area (Å²) in [4.78, 5) is 86.5. The van der Waals surface area contributed by atoms with Crippen LogP contribution in [0.1, 0.15) is 151 Å². The molecule has 2 fully saturated rings. The van der Waals surface area contributed by atoms with Crippen LogP contribution in [0.5, 0.6) is 0 Å². The van der Waals surface area contributed by atoms with Gasteiger partial charge < -0.3 is 41.7 Å². The number of nitrogens with one attached hydrogen (secondary N) is 6. The normalized spacial score (nSPS) is 22.3. The van der Waals surface area contributed by atoms with Crippen molar-refractivity contribution in [2.45, 2.75) is 178 Å². The van der Waals surface area contributed by atoms with Crippen molar-refractivity contribution in [2.75, 3.05) is 27.2 Å². The van der Waals surface area contributed by atoms with Crippen molar-refractivity contribution in [1.82, 2.24) is 41.7 Å². The molecule has 0 radical (unpaired) electrons. The number of unbranched alkanes of at least 4 members (excludes halogenated alkanes) is 3. The SMILES string of the molecule is CCC(NC)C(=O)NC(CCCCCCC(NC(=O)C(CC)NC)C(=O)N1CCCC1C(=O)NC1CCCc2ccccc21)C(=O)N1CCCC1C(=O)NC1CCCc2ccccc21. The molecule has 0 aromatic heterocycles. The first-order valence-electron chi connectivity index (χ1n) is 24.4. The summed E-state index contributed by atoms with van der Waals surface area (Å²) in [5, 5.41) is 18.7. The highest BCUT2D eigenvalue weighted by Crippen LogP contribution is 2.32. The van der Waals surface area contributed by atoms with Gasteiger partial charge in [0.05, 0.1) is 24.2 Å². The third kappa shape index (κ3) is 12.1. The van der Waals surface area contributed by atoms with Crippen molar-refractivity contribution in [3.05, 3.63) is 70.8 Å². The molecular formula is C50H74N8O6. The number of aryl methyl sites for hydroxylation is 2. The minimum Gasteiger partial charge on any atom is -0.347 e. The van der Waals surface area contributed by atoms with Crippen molar-refractivity contribution in [3.8, 4) is 0 Å². The van der Waals surface area contributed by atoms with Crippen LogP contribution in [0.2, 0.25) is 0 Å². The quantitative estimate of drug-likeness (QED) is 0.0980. The summed E-state index contributed by atoms with van der Waals surface area (Å²) in [5.74, 6) is -1.26. The van der Waals surface area contributed by atoms with Crippen LogP contribution in [-0.4, -0.2) is 109 Å². The lowest BCUT2D eigenvalue weighted by atomic mass is 9.87. The first-order valence-corrected chi connectivity index (χ1v) is 24.4. The van der Waals surface area contributed by atoms with E-state index in [9.17, 15) is 28.8 Å². The second-order valence-electron chi connectivity index (χ2n) is 18.3. The molecule has 2 aromatic rings. The van der Waals surface area contributed by atoms with E-state index in [0.29, 0.717) is 77.3 Å². The molecule has 64 heavy (non-hydrogen) atoms. The lowest BCUT2D eigenvalue weighted by Crippen LogP contribution is -2.56. The van der Waals surface area contributed by atoms with E-state index in [1.54, 1.807) is 23.9 Å². The lowest BCUT2D eigenvalue weighted by molar-refractivity contribution is -0.142. The molecule has 350 valence electrons. The van der Waals surface area contributed by atoms with Gasteiger partial charge in [0.25, 0.3) is 0 Å². The van der Waals surface area contributed by atoms with Gasteiger partial charge in [-0.05, 0) is 126 Å². The summed E-state index contributed by atoms with van der Waals surface area (Å²) in [6.07, 6.45) is 12.9. The average molecular weight is 883 g/mol. The summed E-state index contributed by atoms with van der Waals surface area (Å²) < 4.78 is 0. The Balaban J connectivity index is 1.06.